The van der Waals surface area contributed by atoms with E-state index in [2.05, 4.69) is 30.1 Å². The Morgan fingerprint density at radius 2 is 1.79 bits per heavy atom. The largest absolute Gasteiger partial charge is 0.389 e. The molecule has 188 valence electrons. The number of hydrogen-bond acceptors (Lipinski definition) is 5. The van der Waals surface area contributed by atoms with E-state index in [4.69, 9.17) is 4.74 Å². The van der Waals surface area contributed by atoms with Gasteiger partial charge in [0.15, 0.2) is 0 Å². The number of fused-ring (bicyclic) bond motifs is 5. The predicted octanol–water partition coefficient (Wildman–Crippen LogP) is 4.79. The zero-order valence-electron chi connectivity index (χ0n) is 21.8. The molecule has 0 aromatic carbocycles. The standard InChI is InChI=1S/C28H49N3O2/c1-26-12-10-23(33-18-17-31-15-5-6-16-31)19-21(26)7-8-25-24(26)11-13-27(2)22(20-29-30(3)4)9-14-28(25,27)32/h20-25,32H,5-19H2,1-4H3/b29-20+/t21-,22-,23+,24+,25-,26+,27-,28+/m1/s1. The van der Waals surface area contributed by atoms with Gasteiger partial charge in [-0.3, -0.25) is 0 Å². The fourth-order valence-corrected chi connectivity index (χ4v) is 9.19. The normalized spacial score (nSPS) is 48.0. The molecule has 0 amide bonds. The van der Waals surface area contributed by atoms with Gasteiger partial charge in [-0.05, 0) is 107 Å². The van der Waals surface area contributed by atoms with Crippen molar-refractivity contribution >= 4 is 6.21 Å². The first-order chi connectivity index (χ1) is 15.8. The summed E-state index contributed by atoms with van der Waals surface area (Å²) in [6.07, 6.45) is 16.0. The molecule has 0 bridgehead atoms. The van der Waals surface area contributed by atoms with E-state index in [0.717, 1.165) is 38.3 Å². The van der Waals surface area contributed by atoms with Crippen molar-refractivity contribution in [3.63, 3.8) is 0 Å². The van der Waals surface area contributed by atoms with Gasteiger partial charge in [-0.2, -0.15) is 5.10 Å². The molecule has 0 unspecified atom stereocenters. The van der Waals surface area contributed by atoms with Crippen molar-refractivity contribution in [1.82, 2.24) is 9.91 Å². The van der Waals surface area contributed by atoms with Crippen molar-refractivity contribution in [2.45, 2.75) is 96.2 Å². The van der Waals surface area contributed by atoms with Gasteiger partial charge in [0.05, 0.1) is 18.3 Å². The molecule has 1 heterocycles. The monoisotopic (exact) mass is 459 g/mol. The Bertz CT molecular complexity index is 722. The minimum absolute atomic E-state index is 0.0211. The van der Waals surface area contributed by atoms with Crippen molar-refractivity contribution in [1.29, 1.82) is 0 Å². The lowest BCUT2D eigenvalue weighted by Gasteiger charge is -2.63. The highest BCUT2D eigenvalue weighted by molar-refractivity contribution is 5.63. The van der Waals surface area contributed by atoms with Gasteiger partial charge in [0.25, 0.3) is 0 Å². The van der Waals surface area contributed by atoms with Crippen molar-refractivity contribution in [3.05, 3.63) is 0 Å². The van der Waals surface area contributed by atoms with Crippen LogP contribution in [0.4, 0.5) is 0 Å². The molecule has 1 N–H and O–H groups in total. The molecule has 1 saturated heterocycles. The number of aliphatic hydroxyl groups is 1. The molecule has 8 atom stereocenters. The molecule has 0 aromatic heterocycles. The van der Waals surface area contributed by atoms with Gasteiger partial charge in [0.1, 0.15) is 0 Å². The molecule has 33 heavy (non-hydrogen) atoms. The summed E-state index contributed by atoms with van der Waals surface area (Å²) >= 11 is 0. The second-order valence-corrected chi connectivity index (χ2v) is 12.9. The molecule has 5 fully saturated rings. The van der Waals surface area contributed by atoms with E-state index >= 15 is 0 Å². The third-order valence-electron chi connectivity index (χ3n) is 11.3. The fraction of sp³-hybridized carbons (Fsp3) is 0.964. The van der Waals surface area contributed by atoms with E-state index in [1.807, 2.05) is 19.1 Å². The third-order valence-corrected chi connectivity index (χ3v) is 11.3. The molecule has 5 aliphatic rings. The molecule has 5 heteroatoms. The minimum atomic E-state index is -0.518. The lowest BCUT2D eigenvalue weighted by molar-refractivity contribution is -0.208. The van der Waals surface area contributed by atoms with Gasteiger partial charge in [-0.15, -0.1) is 0 Å². The summed E-state index contributed by atoms with van der Waals surface area (Å²) in [5.41, 5.74) is -0.159. The Labute approximate surface area is 202 Å². The molecule has 4 aliphatic carbocycles. The summed E-state index contributed by atoms with van der Waals surface area (Å²) in [7, 11) is 3.98. The summed E-state index contributed by atoms with van der Waals surface area (Å²) in [6.45, 7) is 9.52. The molecule has 5 rings (SSSR count). The summed E-state index contributed by atoms with van der Waals surface area (Å²) in [4.78, 5) is 2.57. The lowest BCUT2D eigenvalue weighted by Crippen LogP contribution is -2.62. The molecule has 1 aliphatic heterocycles. The number of rotatable bonds is 6. The highest BCUT2D eigenvalue weighted by atomic mass is 16.5. The maximum absolute atomic E-state index is 12.3. The van der Waals surface area contributed by atoms with Gasteiger partial charge in [0.2, 0.25) is 0 Å². The van der Waals surface area contributed by atoms with Gasteiger partial charge in [0, 0.05) is 38.2 Å². The van der Waals surface area contributed by atoms with Gasteiger partial charge in [-0.25, -0.2) is 0 Å². The Hall–Kier alpha value is -0.650. The maximum atomic E-state index is 12.3. The highest BCUT2D eigenvalue weighted by Crippen LogP contribution is 2.68. The van der Waals surface area contributed by atoms with Crippen LogP contribution in [-0.4, -0.2) is 73.3 Å². The van der Waals surface area contributed by atoms with Crippen LogP contribution in [0.5, 0.6) is 0 Å². The van der Waals surface area contributed by atoms with Crippen LogP contribution in [0.25, 0.3) is 0 Å². The summed E-state index contributed by atoms with van der Waals surface area (Å²) in [5, 5.41) is 18.8. The van der Waals surface area contributed by atoms with Gasteiger partial charge >= 0.3 is 0 Å². The second kappa shape index (κ2) is 9.09. The topological polar surface area (TPSA) is 48.3 Å². The number of nitrogens with zero attached hydrogens (tertiary/aromatic N) is 3. The van der Waals surface area contributed by atoms with Crippen LogP contribution in [0.1, 0.15) is 84.5 Å². The first-order valence-electron chi connectivity index (χ1n) is 14.0. The molecule has 0 spiro atoms. The number of hydrogen-bond donors (Lipinski definition) is 1. The average molecular weight is 460 g/mol. The van der Waals surface area contributed by atoms with Crippen LogP contribution in [0.2, 0.25) is 0 Å². The van der Waals surface area contributed by atoms with E-state index in [0.29, 0.717) is 29.3 Å². The van der Waals surface area contributed by atoms with E-state index in [1.165, 1.54) is 64.5 Å². The molecular weight excluding hydrogens is 410 g/mol. The van der Waals surface area contributed by atoms with Crippen molar-refractivity contribution in [3.8, 4) is 0 Å². The van der Waals surface area contributed by atoms with Crippen LogP contribution in [0, 0.1) is 34.5 Å². The zero-order chi connectivity index (χ0) is 23.3. The zero-order valence-corrected chi connectivity index (χ0v) is 21.8. The summed E-state index contributed by atoms with van der Waals surface area (Å²) in [5.74, 6) is 2.30. The molecule has 5 nitrogen and oxygen atoms in total. The SMILES string of the molecule is CN(C)/N=C/[C@H]1CC[C@]2(O)[C@@H]3CC[C@@H]4C[C@@H](OCCN5CCCC5)CC[C@]4(C)[C@H]3CC[C@]12C. The van der Waals surface area contributed by atoms with Gasteiger partial charge in [-0.1, -0.05) is 13.8 Å². The smallest absolute Gasteiger partial charge is 0.0738 e. The van der Waals surface area contributed by atoms with Crippen molar-refractivity contribution in [2.75, 3.05) is 40.3 Å². The third kappa shape index (κ3) is 4.08. The van der Waals surface area contributed by atoms with Gasteiger partial charge < -0.3 is 19.8 Å². The molecule has 4 saturated carbocycles. The van der Waals surface area contributed by atoms with Crippen LogP contribution in [-0.2, 0) is 4.74 Å². The Morgan fingerprint density at radius 1 is 1.00 bits per heavy atom. The van der Waals surface area contributed by atoms with Crippen molar-refractivity contribution in [2.24, 2.45) is 39.6 Å². The highest BCUT2D eigenvalue weighted by Gasteiger charge is 2.66. The number of ether oxygens (including phenoxy) is 1. The minimum Gasteiger partial charge on any atom is -0.389 e. The molecule has 0 radical (unpaired) electrons. The van der Waals surface area contributed by atoms with Crippen LogP contribution in [0.3, 0.4) is 0 Å². The first-order valence-corrected chi connectivity index (χ1v) is 14.0. The van der Waals surface area contributed by atoms with Crippen LogP contribution < -0.4 is 0 Å². The quantitative estimate of drug-likeness (QED) is 0.458. The molecule has 0 aromatic rings. The van der Waals surface area contributed by atoms with E-state index < -0.39 is 5.60 Å². The van der Waals surface area contributed by atoms with Crippen molar-refractivity contribution < 1.29 is 9.84 Å². The first kappa shape index (κ1) is 24.1. The fourth-order valence-electron chi connectivity index (χ4n) is 9.19. The maximum Gasteiger partial charge on any atom is 0.0738 e. The van der Waals surface area contributed by atoms with E-state index in [9.17, 15) is 5.11 Å². The predicted molar refractivity (Wildman–Crippen MR) is 134 cm³/mol. The van der Waals surface area contributed by atoms with Crippen LogP contribution >= 0.6 is 0 Å². The number of likely N-dealkylation sites (tertiary alicyclic amines) is 1. The number of hydrazone groups is 1. The average Bonchev–Trinajstić information content (AvgIpc) is 3.38. The van der Waals surface area contributed by atoms with E-state index in [-0.39, 0.29) is 5.41 Å². The molecular formula is C28H49N3O2. The Balaban J connectivity index is 1.24. The summed E-state index contributed by atoms with van der Waals surface area (Å²) < 4.78 is 6.43. The van der Waals surface area contributed by atoms with E-state index in [1.54, 1.807) is 0 Å². The second-order valence-electron chi connectivity index (χ2n) is 12.9. The van der Waals surface area contributed by atoms with Crippen LogP contribution in [0.15, 0.2) is 5.10 Å². The summed E-state index contributed by atoms with van der Waals surface area (Å²) in [6, 6.07) is 0. The lowest BCUT2D eigenvalue weighted by atomic mass is 9.43. The Kier molecular flexibility index (Phi) is 6.63. The Morgan fingerprint density at radius 3 is 2.55 bits per heavy atom.